The van der Waals surface area contributed by atoms with Crippen LogP contribution in [0.5, 0.6) is 34.5 Å². The second kappa shape index (κ2) is 29.6. The van der Waals surface area contributed by atoms with Crippen molar-refractivity contribution in [1.29, 1.82) is 0 Å². The van der Waals surface area contributed by atoms with Crippen molar-refractivity contribution in [2.24, 2.45) is 0 Å². The maximum absolute atomic E-state index is 5.76. The number of ether oxygens (including phenoxy) is 6. The first-order chi connectivity index (χ1) is 30.1. The van der Waals surface area contributed by atoms with E-state index >= 15 is 0 Å². The van der Waals surface area contributed by atoms with Crippen molar-refractivity contribution in [2.75, 3.05) is 42.7 Å². The van der Waals surface area contributed by atoms with E-state index in [4.69, 9.17) is 28.4 Å². The van der Waals surface area contributed by atoms with Gasteiger partial charge >= 0.3 is 70.2 Å². The van der Waals surface area contributed by atoms with Gasteiger partial charge in [-0.1, -0.05) is 70.8 Å². The molecule has 6 nitrogen and oxygen atoms in total. The van der Waals surface area contributed by atoms with Gasteiger partial charge in [0.25, 0.3) is 0 Å². The van der Waals surface area contributed by atoms with Crippen LogP contribution in [0.1, 0.15) is 33.4 Å². The van der Waals surface area contributed by atoms with Gasteiger partial charge in [0.2, 0.25) is 0 Å². The van der Waals surface area contributed by atoms with Crippen LogP contribution in [0.15, 0.2) is 139 Å². The molecule has 0 aliphatic rings. The molecule has 0 aliphatic carbocycles. The normalized spacial score (nSPS) is 10.1. The minimum absolute atomic E-state index is 0.599. The van der Waals surface area contributed by atoms with Crippen LogP contribution < -0.4 is 28.4 Å². The molecule has 0 radical (unpaired) electrons. The van der Waals surface area contributed by atoms with E-state index in [1.54, 1.807) is 89.7 Å². The topological polar surface area (TPSA) is 55.4 Å². The molecule has 0 aliphatic heterocycles. The first kappa shape index (κ1) is 54.4. The quantitative estimate of drug-likeness (QED) is 0.0405. The number of thioether (sulfide) groups is 2. The van der Waals surface area contributed by atoms with E-state index in [9.17, 15) is 0 Å². The summed E-state index contributed by atoms with van der Waals surface area (Å²) in [5.74, 6) is 8.10. The molecule has 6 aromatic carbocycles. The summed E-state index contributed by atoms with van der Waals surface area (Å²) < 4.78 is 33.9. The zero-order valence-electron chi connectivity index (χ0n) is 36.0. The minimum atomic E-state index is 0.599. The Balaban J connectivity index is 0.000000306. The molecule has 0 bridgehead atoms. The summed E-state index contributed by atoms with van der Waals surface area (Å²) in [6, 6.07) is 37.9. The van der Waals surface area contributed by atoms with Gasteiger partial charge in [-0.05, 0) is 106 Å². The summed E-state index contributed by atoms with van der Waals surface area (Å²) in [7, 11) is 9.86. The van der Waals surface area contributed by atoms with Gasteiger partial charge in [0.1, 0.15) is 23.0 Å². The molecule has 0 heterocycles. The molecule has 0 fully saturated rings. The molecule has 0 atom stereocenters. The van der Waals surface area contributed by atoms with E-state index in [1.807, 2.05) is 51.2 Å². The number of hydrogen-bond acceptors (Lipinski definition) is 10. The number of methoxy groups -OCH3 is 6. The summed E-state index contributed by atoms with van der Waals surface area (Å²) in [4.78, 5) is 6.61. The molecule has 336 valence electrons. The fraction of sp³-hybridized carbons (Fsp3) is 0.208. The average molecular weight is 1320 g/mol. The zero-order chi connectivity index (χ0) is 45.6. The molecule has 0 N–H and O–H groups in total. The van der Waals surface area contributed by atoms with Gasteiger partial charge in [-0.2, -0.15) is 58.2 Å². The fourth-order valence-electron chi connectivity index (χ4n) is 5.63. The third-order valence-corrected chi connectivity index (χ3v) is 12.9. The van der Waals surface area contributed by atoms with Crippen LogP contribution in [0, 0.1) is 39.2 Å². The first-order valence-corrected chi connectivity index (χ1v) is 31.3. The van der Waals surface area contributed by atoms with Gasteiger partial charge in [-0.25, -0.2) is 0 Å². The second-order valence-corrected chi connectivity index (χ2v) is 17.1. The molecular weight excluding hydrogens is 1270 g/mol. The van der Waals surface area contributed by atoms with Crippen LogP contribution in [0.25, 0.3) is 0 Å². The Morgan fingerprint density at radius 2 is 0.629 bits per heavy atom. The summed E-state index contributed by atoms with van der Waals surface area (Å²) in [6.45, 7) is 8.35. The van der Waals surface area contributed by atoms with E-state index in [1.165, 1.54) is 32.0 Å². The van der Waals surface area contributed by atoms with Crippen LogP contribution >= 0.6 is 86.1 Å². The fourth-order valence-corrected chi connectivity index (χ4v) is 9.29. The molecule has 0 aromatic heterocycles. The van der Waals surface area contributed by atoms with Gasteiger partial charge in [0.15, 0.2) is 11.5 Å². The SMILES string of the molecule is COc1cc([CH-]Sc2ccc(C)cc2)c(Sc2ccc(C)cc2)c(OC)c1OC.COc1cc([CH-]Sc2ccc(C)cc2)c(Sc2ccc(C)cc2)c(OC)c1OC.[Pd+][I].[Pd+][I]. The number of benzene rings is 6. The zero-order valence-corrected chi connectivity index (χ0v) is 46.7. The molecule has 0 unspecified atom stereocenters. The number of rotatable bonds is 16. The first-order valence-electron chi connectivity index (χ1n) is 18.6. The Kier molecular flexibility index (Phi) is 25.9. The Morgan fingerprint density at radius 1 is 0.371 bits per heavy atom. The summed E-state index contributed by atoms with van der Waals surface area (Å²) in [6.07, 6.45) is 0. The van der Waals surface area contributed by atoms with Gasteiger partial charge < -0.3 is 28.4 Å². The third-order valence-electron chi connectivity index (χ3n) is 8.79. The van der Waals surface area contributed by atoms with Gasteiger partial charge in [0, 0.05) is 0 Å². The molecule has 0 amide bonds. The summed E-state index contributed by atoms with van der Waals surface area (Å²) in [5, 5.41) is 0. The summed E-state index contributed by atoms with van der Waals surface area (Å²) in [5.41, 5.74) is 7.01. The maximum atomic E-state index is 5.76. The van der Waals surface area contributed by atoms with Crippen molar-refractivity contribution in [3.05, 3.63) is 154 Å². The van der Waals surface area contributed by atoms with Crippen molar-refractivity contribution in [3.8, 4) is 34.5 Å². The van der Waals surface area contributed by atoms with Crippen molar-refractivity contribution >= 4 is 86.1 Å². The molecule has 6 aromatic rings. The molecular formula is C48H50I2O6Pd2S4. The molecule has 14 heteroatoms. The van der Waals surface area contributed by atoms with Crippen molar-refractivity contribution in [3.63, 3.8) is 0 Å². The number of halogens is 2. The van der Waals surface area contributed by atoms with Crippen molar-refractivity contribution in [1.82, 2.24) is 0 Å². The predicted octanol–water partition coefficient (Wildman–Crippen LogP) is 15.3. The number of hydrogen-bond donors (Lipinski definition) is 0. The predicted molar refractivity (Wildman–Crippen MR) is 272 cm³/mol. The molecule has 0 saturated heterocycles. The standard InChI is InChI=1S/2C24H25O3S2.2HI.2Pd/c2*1-16-6-10-19(11-7-16)28-15-18-14-21(25-3)22(26-4)23(27-5)24(18)29-20-12-8-17(2)9-13-20;;;;/h2*6-15H,1-5H3;2*1H;;/q2*-1;;;2*+2/p-2. The van der Waals surface area contributed by atoms with E-state index in [2.05, 4.69) is 167 Å². The van der Waals surface area contributed by atoms with Crippen LogP contribution in [0.3, 0.4) is 0 Å². The Morgan fingerprint density at radius 3 is 0.871 bits per heavy atom. The van der Waals surface area contributed by atoms with Gasteiger partial charge in [-0.15, -0.1) is 23.6 Å². The van der Waals surface area contributed by atoms with Crippen LogP contribution in [0.4, 0.5) is 0 Å². The second-order valence-electron chi connectivity index (χ2n) is 13.1. The molecule has 0 saturated carbocycles. The van der Waals surface area contributed by atoms with Crippen LogP contribution in [-0.4, -0.2) is 42.7 Å². The number of aryl methyl sites for hydroxylation is 4. The van der Waals surface area contributed by atoms with Gasteiger partial charge in [0.05, 0.1) is 42.7 Å². The van der Waals surface area contributed by atoms with Crippen molar-refractivity contribution < 1.29 is 59.6 Å². The van der Waals surface area contributed by atoms with Crippen molar-refractivity contribution in [2.45, 2.75) is 57.1 Å². The average Bonchev–Trinajstić information content (AvgIpc) is 3.31. The van der Waals surface area contributed by atoms with Crippen LogP contribution in [-0.2, 0) is 31.2 Å². The van der Waals surface area contributed by atoms with E-state index < -0.39 is 0 Å². The van der Waals surface area contributed by atoms with Gasteiger partial charge in [-0.3, -0.25) is 0 Å². The third kappa shape index (κ3) is 16.2. The Bertz CT molecular complexity index is 2090. The Hall–Kier alpha value is -1.96. The van der Waals surface area contributed by atoms with E-state index in [0.29, 0.717) is 34.5 Å². The summed E-state index contributed by atoms with van der Waals surface area (Å²) >= 11 is 16.1. The Labute approximate surface area is 429 Å². The van der Waals surface area contributed by atoms with E-state index in [0.717, 1.165) is 30.7 Å². The molecule has 62 heavy (non-hydrogen) atoms. The molecule has 0 spiro atoms. The molecule has 6 rings (SSSR count). The monoisotopic (exact) mass is 1320 g/mol. The van der Waals surface area contributed by atoms with E-state index in [-0.39, 0.29) is 0 Å². The van der Waals surface area contributed by atoms with Crippen LogP contribution in [0.2, 0.25) is 0 Å².